The van der Waals surface area contributed by atoms with Crippen LogP contribution in [-0.2, 0) is 9.59 Å². The maximum Gasteiger partial charge on any atom is 0.329 e. The summed E-state index contributed by atoms with van der Waals surface area (Å²) < 4.78 is 5.47. The van der Waals surface area contributed by atoms with E-state index in [-0.39, 0.29) is 0 Å². The molecule has 1 aromatic rings. The van der Waals surface area contributed by atoms with E-state index in [2.05, 4.69) is 5.32 Å². The molecule has 6 nitrogen and oxygen atoms in total. The highest BCUT2D eigenvalue weighted by Crippen LogP contribution is 2.19. The van der Waals surface area contributed by atoms with E-state index < -0.39 is 23.5 Å². The van der Waals surface area contributed by atoms with Gasteiger partial charge in [-0.1, -0.05) is 25.5 Å². The third-order valence-electron chi connectivity index (χ3n) is 3.30. The number of amides is 1. The van der Waals surface area contributed by atoms with E-state index in [1.807, 2.05) is 13.0 Å². The van der Waals surface area contributed by atoms with Gasteiger partial charge in [0, 0.05) is 0 Å². The van der Waals surface area contributed by atoms with E-state index in [1.54, 1.807) is 24.3 Å². The van der Waals surface area contributed by atoms with Gasteiger partial charge in [-0.15, -0.1) is 0 Å². The van der Waals surface area contributed by atoms with Crippen LogP contribution in [0, 0.1) is 11.3 Å². The summed E-state index contributed by atoms with van der Waals surface area (Å²) in [6, 6.07) is 8.53. The number of para-hydroxylation sites is 1. The van der Waals surface area contributed by atoms with Gasteiger partial charge < -0.3 is 15.2 Å². The van der Waals surface area contributed by atoms with Gasteiger partial charge in [-0.05, 0) is 32.4 Å². The lowest BCUT2D eigenvalue weighted by atomic mass is 9.96. The Morgan fingerprint density at radius 2 is 2.09 bits per heavy atom. The molecule has 0 aliphatic carbocycles. The van der Waals surface area contributed by atoms with E-state index >= 15 is 0 Å². The predicted molar refractivity (Wildman–Crippen MR) is 80.3 cm³/mol. The summed E-state index contributed by atoms with van der Waals surface area (Å²) in [4.78, 5) is 23.5. The molecule has 0 heterocycles. The van der Waals surface area contributed by atoms with Crippen molar-refractivity contribution in [3.05, 3.63) is 29.8 Å². The van der Waals surface area contributed by atoms with Crippen LogP contribution in [0.25, 0.3) is 0 Å². The van der Waals surface area contributed by atoms with Crippen LogP contribution in [0.4, 0.5) is 0 Å². The van der Waals surface area contributed by atoms with Gasteiger partial charge in [0.05, 0.1) is 5.56 Å². The van der Waals surface area contributed by atoms with Crippen LogP contribution in [0.1, 0.15) is 39.2 Å². The summed E-state index contributed by atoms with van der Waals surface area (Å²) >= 11 is 0. The molecule has 0 spiro atoms. The quantitative estimate of drug-likeness (QED) is 0.803. The second-order valence-electron chi connectivity index (χ2n) is 5.24. The number of aliphatic carboxylic acids is 1. The summed E-state index contributed by atoms with van der Waals surface area (Å²) in [5, 5.41) is 20.8. The number of ether oxygens (including phenoxy) is 1. The molecule has 0 aromatic heterocycles. The lowest BCUT2D eigenvalue weighted by Gasteiger charge is -2.27. The van der Waals surface area contributed by atoms with Crippen molar-refractivity contribution in [3.8, 4) is 11.8 Å². The molecule has 0 saturated carbocycles. The first-order valence-corrected chi connectivity index (χ1v) is 7.05. The van der Waals surface area contributed by atoms with Crippen molar-refractivity contribution in [2.24, 2.45) is 0 Å². The van der Waals surface area contributed by atoms with Crippen LogP contribution >= 0.6 is 0 Å². The van der Waals surface area contributed by atoms with Crippen LogP contribution < -0.4 is 10.1 Å². The Morgan fingerprint density at radius 1 is 1.45 bits per heavy atom. The Balaban J connectivity index is 2.81. The summed E-state index contributed by atoms with van der Waals surface area (Å²) in [5.41, 5.74) is -1.02. The number of hydrogen-bond donors (Lipinski definition) is 2. The summed E-state index contributed by atoms with van der Waals surface area (Å²) in [6.45, 7) is 4.82. The van der Waals surface area contributed by atoms with Gasteiger partial charge in [0.2, 0.25) is 0 Å². The molecule has 1 amide bonds. The number of carbonyl (C=O) groups is 2. The summed E-state index contributed by atoms with van der Waals surface area (Å²) in [5.74, 6) is -1.33. The standard InChI is InChI=1S/C16H20N2O4/c1-4-9-16(3,15(20)21)18-14(19)11(2)22-13-8-6-5-7-12(13)10-17/h5-8,11H,4,9H2,1-3H3,(H,18,19)(H,20,21). The topological polar surface area (TPSA) is 99.4 Å². The highest BCUT2D eigenvalue weighted by molar-refractivity contribution is 5.88. The van der Waals surface area contributed by atoms with E-state index in [9.17, 15) is 14.7 Å². The molecule has 2 atom stereocenters. The van der Waals surface area contributed by atoms with Crippen molar-refractivity contribution in [1.29, 1.82) is 5.26 Å². The molecule has 6 heteroatoms. The first kappa shape index (κ1) is 17.5. The molecule has 0 saturated heterocycles. The highest BCUT2D eigenvalue weighted by Gasteiger charge is 2.35. The molecule has 2 unspecified atom stereocenters. The predicted octanol–water partition coefficient (Wildman–Crippen LogP) is 2.09. The van der Waals surface area contributed by atoms with Gasteiger partial charge in [-0.2, -0.15) is 5.26 Å². The number of rotatable bonds is 7. The average molecular weight is 304 g/mol. The molecule has 2 N–H and O–H groups in total. The van der Waals surface area contributed by atoms with Crippen molar-refractivity contribution in [2.45, 2.75) is 45.3 Å². The molecule has 0 radical (unpaired) electrons. The van der Waals surface area contributed by atoms with E-state index in [4.69, 9.17) is 10.00 Å². The number of nitrogens with one attached hydrogen (secondary N) is 1. The maximum absolute atomic E-state index is 12.2. The van der Waals surface area contributed by atoms with Crippen LogP contribution in [0.3, 0.4) is 0 Å². The van der Waals surface area contributed by atoms with Crippen LogP contribution in [-0.4, -0.2) is 28.6 Å². The zero-order chi connectivity index (χ0) is 16.8. The fourth-order valence-electron chi connectivity index (χ4n) is 2.00. The van der Waals surface area contributed by atoms with E-state index in [1.165, 1.54) is 13.8 Å². The summed E-state index contributed by atoms with van der Waals surface area (Å²) in [6.07, 6.45) is 0.0237. The Bertz CT molecular complexity index is 594. The Hall–Kier alpha value is -2.55. The van der Waals surface area contributed by atoms with Crippen molar-refractivity contribution in [1.82, 2.24) is 5.32 Å². The van der Waals surface area contributed by atoms with Gasteiger partial charge in [0.25, 0.3) is 5.91 Å². The molecule has 0 bridgehead atoms. The van der Waals surface area contributed by atoms with E-state index in [0.29, 0.717) is 24.2 Å². The molecule has 118 valence electrons. The zero-order valence-corrected chi connectivity index (χ0v) is 12.9. The first-order chi connectivity index (χ1) is 10.3. The number of carboxylic acid groups (broad SMARTS) is 1. The van der Waals surface area contributed by atoms with Crippen molar-refractivity contribution in [2.75, 3.05) is 0 Å². The Labute approximate surface area is 129 Å². The minimum absolute atomic E-state index is 0.292. The average Bonchev–Trinajstić information content (AvgIpc) is 2.47. The lowest BCUT2D eigenvalue weighted by molar-refractivity contribution is -0.148. The van der Waals surface area contributed by atoms with Gasteiger partial charge in [-0.3, -0.25) is 4.79 Å². The number of benzene rings is 1. The van der Waals surface area contributed by atoms with Crippen LogP contribution in [0.2, 0.25) is 0 Å². The number of hydrogen-bond acceptors (Lipinski definition) is 4. The molecule has 1 aromatic carbocycles. The third-order valence-corrected chi connectivity index (χ3v) is 3.30. The molecule has 22 heavy (non-hydrogen) atoms. The van der Waals surface area contributed by atoms with Gasteiger partial charge >= 0.3 is 5.97 Å². The molecule has 0 aliphatic rings. The Kier molecular flexibility index (Phi) is 5.93. The minimum Gasteiger partial charge on any atom is -0.480 e. The highest BCUT2D eigenvalue weighted by atomic mass is 16.5. The minimum atomic E-state index is -1.34. The second kappa shape index (κ2) is 7.46. The van der Waals surface area contributed by atoms with Gasteiger partial charge in [-0.25, -0.2) is 4.79 Å². The molecule has 0 fully saturated rings. The Morgan fingerprint density at radius 3 is 2.64 bits per heavy atom. The van der Waals surface area contributed by atoms with Gasteiger partial charge in [0.1, 0.15) is 17.4 Å². The van der Waals surface area contributed by atoms with Crippen LogP contribution in [0.15, 0.2) is 24.3 Å². The largest absolute Gasteiger partial charge is 0.480 e. The number of carbonyl (C=O) groups excluding carboxylic acids is 1. The smallest absolute Gasteiger partial charge is 0.329 e. The number of nitriles is 1. The monoisotopic (exact) mass is 304 g/mol. The number of nitrogens with zero attached hydrogens (tertiary/aromatic N) is 1. The first-order valence-electron chi connectivity index (χ1n) is 7.05. The third kappa shape index (κ3) is 4.22. The van der Waals surface area contributed by atoms with Crippen molar-refractivity contribution in [3.63, 3.8) is 0 Å². The number of carboxylic acids is 1. The normalized spacial score (nSPS) is 14.3. The molecule has 1 rings (SSSR count). The SMILES string of the molecule is CCCC(C)(NC(=O)C(C)Oc1ccccc1C#N)C(=O)O. The second-order valence-corrected chi connectivity index (χ2v) is 5.24. The summed E-state index contributed by atoms with van der Waals surface area (Å²) in [7, 11) is 0. The molecule has 0 aliphatic heterocycles. The fourth-order valence-corrected chi connectivity index (χ4v) is 2.00. The van der Waals surface area contributed by atoms with E-state index in [0.717, 1.165) is 0 Å². The lowest BCUT2D eigenvalue weighted by Crippen LogP contribution is -2.55. The van der Waals surface area contributed by atoms with Crippen LogP contribution in [0.5, 0.6) is 5.75 Å². The zero-order valence-electron chi connectivity index (χ0n) is 12.9. The molecular weight excluding hydrogens is 284 g/mol. The van der Waals surface area contributed by atoms with Gasteiger partial charge in [0.15, 0.2) is 6.10 Å². The molecular formula is C16H20N2O4. The van der Waals surface area contributed by atoms with Crippen molar-refractivity contribution < 1.29 is 19.4 Å². The maximum atomic E-state index is 12.2. The van der Waals surface area contributed by atoms with Crippen molar-refractivity contribution >= 4 is 11.9 Å². The fraction of sp³-hybridized carbons (Fsp3) is 0.438.